The molecule has 0 saturated carbocycles. The van der Waals surface area contributed by atoms with E-state index in [4.69, 9.17) is 10.6 Å². The maximum absolute atomic E-state index is 5.40. The van der Waals surface area contributed by atoms with Crippen LogP contribution in [0.3, 0.4) is 0 Å². The van der Waals surface area contributed by atoms with E-state index < -0.39 is 0 Å². The number of anilines is 1. The first kappa shape index (κ1) is 8.87. The van der Waals surface area contributed by atoms with Gasteiger partial charge in [-0.1, -0.05) is 13.0 Å². The zero-order valence-electron chi connectivity index (χ0n) is 7.21. The first-order valence-electron chi connectivity index (χ1n) is 4.06. The molecular weight excluding hydrogens is 152 g/mol. The summed E-state index contributed by atoms with van der Waals surface area (Å²) in [5.41, 5.74) is 3.43. The van der Waals surface area contributed by atoms with Gasteiger partial charge in [0, 0.05) is 6.07 Å². The van der Waals surface area contributed by atoms with Gasteiger partial charge in [-0.05, 0) is 18.6 Å². The number of hydrogen-bond acceptors (Lipinski definition) is 3. The lowest BCUT2D eigenvalue weighted by Gasteiger charge is -2.05. The predicted molar refractivity (Wildman–Crippen MR) is 50.0 cm³/mol. The Hall–Kier alpha value is -1.22. The average molecular weight is 166 g/mol. The maximum atomic E-state index is 5.40. The van der Waals surface area contributed by atoms with Gasteiger partial charge in [-0.15, -0.1) is 0 Å². The molecule has 0 amide bonds. The second-order valence-corrected chi connectivity index (χ2v) is 2.52. The molecular formula is C9H14N2O. The van der Waals surface area contributed by atoms with Crippen LogP contribution in [0.15, 0.2) is 24.3 Å². The van der Waals surface area contributed by atoms with Crippen LogP contribution in [-0.2, 0) is 0 Å². The molecule has 0 spiro atoms. The van der Waals surface area contributed by atoms with Crippen LogP contribution in [0.4, 0.5) is 5.69 Å². The van der Waals surface area contributed by atoms with Crippen molar-refractivity contribution in [2.45, 2.75) is 13.3 Å². The summed E-state index contributed by atoms with van der Waals surface area (Å²) in [6, 6.07) is 7.57. The Morgan fingerprint density at radius 1 is 1.50 bits per heavy atom. The van der Waals surface area contributed by atoms with Gasteiger partial charge in [0.15, 0.2) is 0 Å². The van der Waals surface area contributed by atoms with E-state index in [-0.39, 0.29) is 0 Å². The molecule has 0 aliphatic carbocycles. The Morgan fingerprint density at radius 3 is 3.00 bits per heavy atom. The zero-order chi connectivity index (χ0) is 8.81. The quantitative estimate of drug-likeness (QED) is 0.529. The first-order valence-corrected chi connectivity index (χ1v) is 4.06. The van der Waals surface area contributed by atoms with Crippen LogP contribution in [0, 0.1) is 0 Å². The molecule has 0 fully saturated rings. The number of rotatable bonds is 4. The highest BCUT2D eigenvalue weighted by Gasteiger charge is 1.93. The van der Waals surface area contributed by atoms with E-state index in [1.807, 2.05) is 24.3 Å². The molecule has 3 N–H and O–H groups in total. The summed E-state index contributed by atoms with van der Waals surface area (Å²) in [5, 5.41) is 0. The summed E-state index contributed by atoms with van der Waals surface area (Å²) in [6.45, 7) is 2.82. The van der Waals surface area contributed by atoms with E-state index in [0.29, 0.717) is 0 Å². The highest BCUT2D eigenvalue weighted by atomic mass is 16.5. The van der Waals surface area contributed by atoms with Crippen molar-refractivity contribution in [1.82, 2.24) is 0 Å². The minimum absolute atomic E-state index is 0.744. The molecule has 0 bridgehead atoms. The lowest BCUT2D eigenvalue weighted by Crippen LogP contribution is -2.06. The molecule has 0 saturated heterocycles. The van der Waals surface area contributed by atoms with Crippen LogP contribution in [0.1, 0.15) is 13.3 Å². The first-order chi connectivity index (χ1) is 5.86. The highest BCUT2D eigenvalue weighted by Crippen LogP contribution is 2.16. The molecule has 0 atom stereocenters. The topological polar surface area (TPSA) is 47.3 Å². The molecule has 1 rings (SSSR count). The molecule has 0 aliphatic rings. The number of nitrogens with one attached hydrogen (secondary N) is 1. The van der Waals surface area contributed by atoms with Gasteiger partial charge < -0.3 is 10.2 Å². The molecule has 12 heavy (non-hydrogen) atoms. The van der Waals surface area contributed by atoms with Gasteiger partial charge in [0.1, 0.15) is 5.75 Å². The Labute approximate surface area is 72.5 Å². The maximum Gasteiger partial charge on any atom is 0.121 e. The van der Waals surface area contributed by atoms with Crippen LogP contribution in [0.2, 0.25) is 0 Å². The fourth-order valence-electron chi connectivity index (χ4n) is 0.896. The third-order valence-corrected chi connectivity index (χ3v) is 1.47. The summed E-state index contributed by atoms with van der Waals surface area (Å²) in [5.74, 6) is 6.10. The normalized spacial score (nSPS) is 9.50. The van der Waals surface area contributed by atoms with Gasteiger partial charge in [0.2, 0.25) is 0 Å². The fraction of sp³-hybridized carbons (Fsp3) is 0.333. The van der Waals surface area contributed by atoms with E-state index in [2.05, 4.69) is 12.3 Å². The van der Waals surface area contributed by atoms with Crippen molar-refractivity contribution >= 4 is 5.69 Å². The number of nitrogens with two attached hydrogens (primary N) is 1. The Balaban J connectivity index is 2.60. The van der Waals surface area contributed by atoms with Gasteiger partial charge in [-0.25, -0.2) is 0 Å². The molecule has 1 aromatic rings. The molecule has 0 aromatic heterocycles. The molecule has 1 aromatic carbocycles. The van der Waals surface area contributed by atoms with Gasteiger partial charge in [-0.2, -0.15) is 0 Å². The lowest BCUT2D eigenvalue weighted by molar-refractivity contribution is 0.317. The molecule has 0 heterocycles. The van der Waals surface area contributed by atoms with Crippen molar-refractivity contribution in [2.75, 3.05) is 12.0 Å². The third kappa shape index (κ3) is 2.43. The standard InChI is InChI=1S/C9H14N2O/c1-2-6-12-9-5-3-4-8(7-9)11-10/h3-5,7,11H,2,6,10H2,1H3. The van der Waals surface area contributed by atoms with Crippen LogP contribution in [-0.4, -0.2) is 6.61 Å². The largest absolute Gasteiger partial charge is 0.494 e. The van der Waals surface area contributed by atoms with E-state index >= 15 is 0 Å². The van der Waals surface area contributed by atoms with Gasteiger partial charge in [-0.3, -0.25) is 5.84 Å². The van der Waals surface area contributed by atoms with Crippen molar-refractivity contribution in [1.29, 1.82) is 0 Å². The second kappa shape index (κ2) is 4.62. The highest BCUT2D eigenvalue weighted by molar-refractivity contribution is 5.46. The van der Waals surface area contributed by atoms with Crippen molar-refractivity contribution in [3.05, 3.63) is 24.3 Å². The van der Waals surface area contributed by atoms with Crippen molar-refractivity contribution in [3.8, 4) is 5.75 Å². The minimum atomic E-state index is 0.744. The van der Waals surface area contributed by atoms with Crippen molar-refractivity contribution in [3.63, 3.8) is 0 Å². The summed E-state index contributed by atoms with van der Waals surface area (Å²) in [7, 11) is 0. The Kier molecular flexibility index (Phi) is 3.41. The molecule has 3 nitrogen and oxygen atoms in total. The second-order valence-electron chi connectivity index (χ2n) is 2.52. The van der Waals surface area contributed by atoms with E-state index in [9.17, 15) is 0 Å². The predicted octanol–water partition coefficient (Wildman–Crippen LogP) is 1.76. The molecule has 0 aliphatic heterocycles. The molecule has 66 valence electrons. The summed E-state index contributed by atoms with van der Waals surface area (Å²) in [4.78, 5) is 0. The molecule has 0 unspecified atom stereocenters. The zero-order valence-corrected chi connectivity index (χ0v) is 7.21. The Bertz CT molecular complexity index is 238. The summed E-state index contributed by atoms with van der Waals surface area (Å²) >= 11 is 0. The Morgan fingerprint density at radius 2 is 2.33 bits per heavy atom. The number of benzene rings is 1. The number of nitrogen functional groups attached to an aromatic ring is 1. The minimum Gasteiger partial charge on any atom is -0.494 e. The van der Waals surface area contributed by atoms with E-state index in [1.165, 1.54) is 0 Å². The van der Waals surface area contributed by atoms with Crippen LogP contribution < -0.4 is 16.0 Å². The van der Waals surface area contributed by atoms with Gasteiger partial charge in [0.25, 0.3) is 0 Å². The van der Waals surface area contributed by atoms with E-state index in [1.54, 1.807) is 0 Å². The van der Waals surface area contributed by atoms with E-state index in [0.717, 1.165) is 24.5 Å². The monoisotopic (exact) mass is 166 g/mol. The molecule has 0 radical (unpaired) electrons. The summed E-state index contributed by atoms with van der Waals surface area (Å²) in [6.07, 6.45) is 1.01. The van der Waals surface area contributed by atoms with Crippen molar-refractivity contribution in [2.24, 2.45) is 5.84 Å². The van der Waals surface area contributed by atoms with Crippen molar-refractivity contribution < 1.29 is 4.74 Å². The van der Waals surface area contributed by atoms with Crippen LogP contribution >= 0.6 is 0 Å². The lowest BCUT2D eigenvalue weighted by atomic mass is 10.3. The van der Waals surface area contributed by atoms with Crippen LogP contribution in [0.5, 0.6) is 5.75 Å². The number of hydrazine groups is 1. The van der Waals surface area contributed by atoms with Crippen LogP contribution in [0.25, 0.3) is 0 Å². The average Bonchev–Trinajstić information content (AvgIpc) is 2.15. The summed E-state index contributed by atoms with van der Waals surface area (Å²) < 4.78 is 5.40. The number of hydrogen-bond donors (Lipinski definition) is 2. The number of ether oxygens (including phenoxy) is 1. The SMILES string of the molecule is CCCOc1cccc(NN)c1. The smallest absolute Gasteiger partial charge is 0.121 e. The van der Waals surface area contributed by atoms with Gasteiger partial charge >= 0.3 is 0 Å². The fourth-order valence-corrected chi connectivity index (χ4v) is 0.896. The van der Waals surface area contributed by atoms with Gasteiger partial charge in [0.05, 0.1) is 12.3 Å². The molecule has 3 heteroatoms. The third-order valence-electron chi connectivity index (χ3n) is 1.47.